The molecule has 0 radical (unpaired) electrons. The van der Waals surface area contributed by atoms with Gasteiger partial charge in [0.1, 0.15) is 5.69 Å². The van der Waals surface area contributed by atoms with Crippen LogP contribution in [0.5, 0.6) is 0 Å². The van der Waals surface area contributed by atoms with Crippen molar-refractivity contribution in [2.75, 3.05) is 62.8 Å². The maximum Gasteiger partial charge on any atom is 0.293 e. The lowest BCUT2D eigenvalue weighted by Gasteiger charge is -2.36. The van der Waals surface area contributed by atoms with Gasteiger partial charge in [-0.25, -0.2) is 0 Å². The molecule has 1 unspecified atom stereocenters. The molecular weight excluding hydrogens is 772 g/mol. The van der Waals surface area contributed by atoms with Crippen LogP contribution in [0.25, 0.3) is 11.1 Å². The van der Waals surface area contributed by atoms with Crippen molar-refractivity contribution >= 4 is 58.3 Å². The van der Waals surface area contributed by atoms with Gasteiger partial charge in [0.25, 0.3) is 11.6 Å². The Hall–Kier alpha value is -4.52. The minimum Gasteiger partial charge on any atom is -0.376 e. The number of aryl methyl sites for hydroxylation is 1. The number of nitrogens with zero attached hydrogens (tertiary/aromatic N) is 4. The number of hydrogen-bond donors (Lipinski definition) is 2. The van der Waals surface area contributed by atoms with Crippen molar-refractivity contribution in [2.45, 2.75) is 49.6 Å². The number of halogens is 1. The van der Waals surface area contributed by atoms with Crippen LogP contribution in [0.4, 0.5) is 17.1 Å². The molecule has 5 aromatic carbocycles. The van der Waals surface area contributed by atoms with Gasteiger partial charge >= 0.3 is 0 Å². The zero-order chi connectivity index (χ0) is 40.7. The van der Waals surface area contributed by atoms with Crippen molar-refractivity contribution in [3.8, 4) is 11.1 Å². The molecule has 0 bridgehead atoms. The second-order valence-corrected chi connectivity index (χ2v) is 16.4. The molecule has 300 valence electrons. The number of hydrogen-bond acceptors (Lipinski definition) is 9. The lowest BCUT2D eigenvalue weighted by Crippen LogP contribution is -2.46. The van der Waals surface area contributed by atoms with E-state index in [1.54, 1.807) is 23.9 Å². The molecule has 0 saturated carbocycles. The van der Waals surface area contributed by atoms with E-state index in [-0.39, 0.29) is 22.6 Å². The fraction of sp³-hybridized carbons (Fsp3) is 0.311. The molecular formula is C45H53ClN6O3S2. The first kappa shape index (κ1) is 43.6. The van der Waals surface area contributed by atoms with Crippen molar-refractivity contribution < 1.29 is 9.72 Å². The van der Waals surface area contributed by atoms with Crippen LogP contribution in [-0.4, -0.2) is 79.2 Å². The Balaban J connectivity index is 0.00000305. The van der Waals surface area contributed by atoms with E-state index in [1.807, 2.05) is 82.5 Å². The predicted octanol–water partition coefficient (Wildman–Crippen LogP) is 10.5. The lowest BCUT2D eigenvalue weighted by molar-refractivity contribution is -0.384. The summed E-state index contributed by atoms with van der Waals surface area (Å²) in [5, 5.41) is 16.3. The molecule has 9 nitrogen and oxygen atoms in total. The van der Waals surface area contributed by atoms with Crippen molar-refractivity contribution in [3.63, 3.8) is 0 Å². The third-order valence-electron chi connectivity index (χ3n) is 9.58. The van der Waals surface area contributed by atoms with Gasteiger partial charge in [-0.05, 0) is 123 Å². The molecule has 1 heterocycles. The van der Waals surface area contributed by atoms with E-state index >= 15 is 0 Å². The number of nitro groups is 1. The third kappa shape index (κ3) is 13.0. The van der Waals surface area contributed by atoms with Crippen LogP contribution < -0.4 is 14.9 Å². The quantitative estimate of drug-likeness (QED) is 0.0437. The number of carbonyl (C=O) groups excluding carboxylic acids is 1. The summed E-state index contributed by atoms with van der Waals surface area (Å²) in [6, 6.07) is 37.5. The molecule has 57 heavy (non-hydrogen) atoms. The van der Waals surface area contributed by atoms with E-state index < -0.39 is 0 Å². The van der Waals surface area contributed by atoms with Crippen LogP contribution in [-0.2, 0) is 6.54 Å². The van der Waals surface area contributed by atoms with E-state index in [1.165, 1.54) is 28.3 Å². The molecule has 1 aliphatic rings. The molecule has 1 amide bonds. The monoisotopic (exact) mass is 824 g/mol. The van der Waals surface area contributed by atoms with E-state index in [4.69, 9.17) is 11.6 Å². The number of rotatable bonds is 16. The first-order valence-electron chi connectivity index (χ1n) is 19.4. The van der Waals surface area contributed by atoms with Crippen molar-refractivity contribution in [1.82, 2.24) is 14.5 Å². The number of nitro benzene ring substituents is 1. The molecule has 0 aliphatic carbocycles. The summed E-state index contributed by atoms with van der Waals surface area (Å²) >= 11 is 8.95. The van der Waals surface area contributed by atoms with E-state index in [0.717, 1.165) is 79.0 Å². The predicted molar refractivity (Wildman–Crippen MR) is 241 cm³/mol. The van der Waals surface area contributed by atoms with Gasteiger partial charge in [-0.3, -0.25) is 24.5 Å². The van der Waals surface area contributed by atoms with Crippen LogP contribution in [0.15, 0.2) is 125 Å². The van der Waals surface area contributed by atoms with Gasteiger partial charge in [-0.1, -0.05) is 79.5 Å². The number of benzene rings is 5. The smallest absolute Gasteiger partial charge is 0.293 e. The van der Waals surface area contributed by atoms with Gasteiger partial charge in [0, 0.05) is 76.6 Å². The second-order valence-electron chi connectivity index (χ2n) is 14.0. The Bertz CT molecular complexity index is 2040. The van der Waals surface area contributed by atoms with E-state index in [2.05, 4.69) is 74.1 Å². The molecule has 6 rings (SSSR count). The fourth-order valence-electron chi connectivity index (χ4n) is 6.55. The first-order valence-corrected chi connectivity index (χ1v) is 21.6. The molecule has 1 saturated heterocycles. The van der Waals surface area contributed by atoms with Gasteiger partial charge in [-0.15, -0.1) is 11.8 Å². The van der Waals surface area contributed by atoms with Crippen LogP contribution in [0.2, 0.25) is 5.02 Å². The zero-order valence-electron chi connectivity index (χ0n) is 33.4. The number of amides is 1. The minimum absolute atomic E-state index is 0.0175. The minimum atomic E-state index is -0.374. The number of piperazine rings is 1. The van der Waals surface area contributed by atoms with Gasteiger partial charge in [0.05, 0.1) is 4.92 Å². The second kappa shape index (κ2) is 21.9. The van der Waals surface area contributed by atoms with Gasteiger partial charge < -0.3 is 15.1 Å². The van der Waals surface area contributed by atoms with Crippen molar-refractivity contribution in [3.05, 3.63) is 147 Å². The zero-order valence-corrected chi connectivity index (χ0v) is 35.8. The maximum atomic E-state index is 13.1. The number of thioether (sulfide) groups is 1. The molecule has 1 fully saturated rings. The summed E-state index contributed by atoms with van der Waals surface area (Å²) in [6.45, 7) is 11.5. The van der Waals surface area contributed by atoms with Crippen LogP contribution >= 0.6 is 35.3 Å². The molecule has 1 atom stereocenters. The van der Waals surface area contributed by atoms with Crippen LogP contribution in [0, 0.1) is 17.0 Å². The summed E-state index contributed by atoms with van der Waals surface area (Å²) in [4.78, 5) is 33.6. The van der Waals surface area contributed by atoms with Crippen LogP contribution in [0.3, 0.4) is 0 Å². The summed E-state index contributed by atoms with van der Waals surface area (Å²) in [5.74, 6) is 0.500. The average molecular weight is 826 g/mol. The van der Waals surface area contributed by atoms with Gasteiger partial charge in [-0.2, -0.15) is 0 Å². The molecule has 12 heteroatoms. The molecule has 1 aliphatic heterocycles. The maximum absolute atomic E-state index is 13.1. The van der Waals surface area contributed by atoms with Crippen molar-refractivity contribution in [2.24, 2.45) is 0 Å². The first-order chi connectivity index (χ1) is 27.6. The average Bonchev–Trinajstić information content (AvgIpc) is 3.23. The Morgan fingerprint density at radius 1 is 0.877 bits per heavy atom. The highest BCUT2D eigenvalue weighted by atomic mass is 35.5. The molecule has 0 aromatic heterocycles. The molecule has 2 N–H and O–H groups in total. The molecule has 0 spiro atoms. The highest BCUT2D eigenvalue weighted by Crippen LogP contribution is 2.32. The van der Waals surface area contributed by atoms with Crippen LogP contribution in [0.1, 0.15) is 41.8 Å². The Labute approximate surface area is 351 Å². The number of anilines is 2. The molecule has 5 aromatic rings. The Kier molecular flexibility index (Phi) is 16.7. The highest BCUT2D eigenvalue weighted by molar-refractivity contribution is 7.99. The van der Waals surface area contributed by atoms with Crippen molar-refractivity contribution in [1.29, 1.82) is 0 Å². The summed E-state index contributed by atoms with van der Waals surface area (Å²) < 4.78 is 2.86. The summed E-state index contributed by atoms with van der Waals surface area (Å²) in [6.07, 6.45) is 0.826. The standard InChI is InChI=1S/C43H47ClN6O3S2.C2H6/c1-31-9-19-40(32-10-14-35(44)15-11-32)34(27-31)29-48-23-25-49(26-24-48)37-16-12-33(13-17-37)43(51)46-55-39-18-20-41(42(28-39)50(52)53)45-36(21-22-47(2)3)30-54-38-7-5-4-6-8-38;1-2/h4-20,27-28,36,45H,21-26,29-30H2,1-3H3,(H,46,51);1-2H3. The fourth-order valence-corrected chi connectivity index (χ4v) is 8.30. The SMILES string of the molecule is CC.Cc1ccc(-c2ccc(Cl)cc2)c(CN2CCN(c3ccc(C(=O)NSc4ccc(NC(CCN(C)C)CSc5ccccc5)c([N+](=O)[O-])c4)cc3)CC2)c1. The Morgan fingerprint density at radius 3 is 2.25 bits per heavy atom. The van der Waals surface area contributed by atoms with Gasteiger partial charge in [0.2, 0.25) is 0 Å². The normalized spacial score (nSPS) is 13.4. The summed E-state index contributed by atoms with van der Waals surface area (Å²) in [7, 11) is 4.04. The van der Waals surface area contributed by atoms with E-state index in [9.17, 15) is 14.9 Å². The number of nitrogens with one attached hydrogen (secondary N) is 2. The topological polar surface area (TPSA) is 94.0 Å². The number of carbonyl (C=O) groups is 1. The summed E-state index contributed by atoms with van der Waals surface area (Å²) in [5.41, 5.74) is 7.00. The third-order valence-corrected chi connectivity index (χ3v) is 11.8. The largest absolute Gasteiger partial charge is 0.376 e. The van der Waals surface area contributed by atoms with E-state index in [0.29, 0.717) is 16.1 Å². The van der Waals surface area contributed by atoms with Gasteiger partial charge in [0.15, 0.2) is 0 Å². The lowest BCUT2D eigenvalue weighted by atomic mass is 9.97. The highest BCUT2D eigenvalue weighted by Gasteiger charge is 2.21. The Morgan fingerprint density at radius 2 is 1.58 bits per heavy atom.